The second kappa shape index (κ2) is 7.63. The molecule has 0 aliphatic carbocycles. The van der Waals surface area contributed by atoms with Crippen LogP contribution in [0.25, 0.3) is 11.1 Å². The molecular formula is C15H13ClFN3S2. The molecule has 2 aromatic rings. The number of thioether (sulfide) groups is 1. The van der Waals surface area contributed by atoms with Crippen molar-refractivity contribution in [2.24, 2.45) is 0 Å². The highest BCUT2D eigenvalue weighted by atomic mass is 35.5. The fourth-order valence-electron chi connectivity index (χ4n) is 1.92. The third kappa shape index (κ3) is 4.01. The Labute approximate surface area is 143 Å². The third-order valence-corrected chi connectivity index (χ3v) is 4.24. The van der Waals surface area contributed by atoms with Gasteiger partial charge in [0.05, 0.1) is 5.02 Å². The highest BCUT2D eigenvalue weighted by Crippen LogP contribution is 2.33. The Morgan fingerprint density at radius 1 is 1.27 bits per heavy atom. The molecule has 0 heterocycles. The lowest BCUT2D eigenvalue weighted by atomic mass is 10.0. The summed E-state index contributed by atoms with van der Waals surface area (Å²) >= 11 is 11.9. The SMILES string of the molecule is CSc1ccc(-c2ccc(NC(S)NC#N)cc2Cl)c(F)c1. The summed E-state index contributed by atoms with van der Waals surface area (Å²) in [4.78, 5) is 0.858. The van der Waals surface area contributed by atoms with E-state index in [1.807, 2.05) is 12.3 Å². The zero-order valence-electron chi connectivity index (χ0n) is 11.6. The number of anilines is 1. The molecule has 0 aromatic heterocycles. The van der Waals surface area contributed by atoms with Gasteiger partial charge in [-0.15, -0.1) is 24.4 Å². The van der Waals surface area contributed by atoms with Gasteiger partial charge in [-0.1, -0.05) is 23.7 Å². The quantitative estimate of drug-likeness (QED) is 0.242. The zero-order valence-corrected chi connectivity index (χ0v) is 14.1. The maximum Gasteiger partial charge on any atom is 0.178 e. The molecular weight excluding hydrogens is 341 g/mol. The first-order chi connectivity index (χ1) is 10.5. The molecule has 0 saturated carbocycles. The number of hydrogen-bond acceptors (Lipinski definition) is 5. The highest BCUT2D eigenvalue weighted by Gasteiger charge is 2.11. The Morgan fingerprint density at radius 2 is 2.00 bits per heavy atom. The van der Waals surface area contributed by atoms with E-state index in [-0.39, 0.29) is 5.82 Å². The number of benzene rings is 2. The van der Waals surface area contributed by atoms with Gasteiger partial charge in [0.25, 0.3) is 0 Å². The summed E-state index contributed by atoms with van der Waals surface area (Å²) in [5.41, 5.74) is 1.22. The summed E-state index contributed by atoms with van der Waals surface area (Å²) < 4.78 is 14.2. The molecule has 114 valence electrons. The van der Waals surface area contributed by atoms with E-state index in [0.717, 1.165) is 4.90 Å². The normalized spacial score (nSPS) is 11.6. The van der Waals surface area contributed by atoms with Crippen molar-refractivity contribution in [3.05, 3.63) is 47.2 Å². The van der Waals surface area contributed by atoms with Crippen molar-refractivity contribution < 1.29 is 4.39 Å². The molecule has 22 heavy (non-hydrogen) atoms. The van der Waals surface area contributed by atoms with Crippen LogP contribution < -0.4 is 10.6 Å². The third-order valence-electron chi connectivity index (χ3n) is 2.94. The van der Waals surface area contributed by atoms with Crippen molar-refractivity contribution in [2.45, 2.75) is 10.4 Å². The second-order valence-corrected chi connectivity index (χ2v) is 6.15. The monoisotopic (exact) mass is 353 g/mol. The fraction of sp³-hybridized carbons (Fsp3) is 0.133. The van der Waals surface area contributed by atoms with Crippen molar-refractivity contribution in [3.8, 4) is 17.3 Å². The van der Waals surface area contributed by atoms with Crippen molar-refractivity contribution in [1.82, 2.24) is 5.32 Å². The van der Waals surface area contributed by atoms with Crippen LogP contribution in [0.3, 0.4) is 0 Å². The second-order valence-electron chi connectivity index (χ2n) is 4.34. The summed E-state index contributed by atoms with van der Waals surface area (Å²) in [6.45, 7) is 0. The van der Waals surface area contributed by atoms with Crippen LogP contribution in [0.1, 0.15) is 0 Å². The molecule has 0 aliphatic heterocycles. The summed E-state index contributed by atoms with van der Waals surface area (Å²) in [6.07, 6.45) is 3.68. The predicted molar refractivity (Wildman–Crippen MR) is 93.8 cm³/mol. The van der Waals surface area contributed by atoms with Crippen LogP contribution in [0.15, 0.2) is 41.3 Å². The Kier molecular flexibility index (Phi) is 5.83. The molecule has 2 aromatic carbocycles. The van der Waals surface area contributed by atoms with Gasteiger partial charge in [0, 0.05) is 21.7 Å². The fourth-order valence-corrected chi connectivity index (χ4v) is 2.83. The first kappa shape index (κ1) is 16.8. The van der Waals surface area contributed by atoms with Gasteiger partial charge >= 0.3 is 0 Å². The van der Waals surface area contributed by atoms with E-state index in [9.17, 15) is 4.39 Å². The van der Waals surface area contributed by atoms with Gasteiger partial charge in [-0.25, -0.2) is 4.39 Å². The zero-order chi connectivity index (χ0) is 16.1. The lowest BCUT2D eigenvalue weighted by molar-refractivity contribution is 0.628. The van der Waals surface area contributed by atoms with E-state index in [2.05, 4.69) is 23.3 Å². The molecule has 2 N–H and O–H groups in total. The number of nitrogens with one attached hydrogen (secondary N) is 2. The topological polar surface area (TPSA) is 47.8 Å². The van der Waals surface area contributed by atoms with Gasteiger partial charge in [0.15, 0.2) is 11.7 Å². The predicted octanol–water partition coefficient (Wildman–Crippen LogP) is 4.56. The summed E-state index contributed by atoms with van der Waals surface area (Å²) in [6, 6.07) is 10.2. The van der Waals surface area contributed by atoms with Crippen molar-refractivity contribution >= 4 is 41.7 Å². The molecule has 0 radical (unpaired) electrons. The first-order valence-corrected chi connectivity index (χ1v) is 8.39. The van der Waals surface area contributed by atoms with Crippen LogP contribution in [0, 0.1) is 17.3 Å². The van der Waals surface area contributed by atoms with Crippen LogP contribution in [-0.2, 0) is 0 Å². The Morgan fingerprint density at radius 3 is 2.59 bits per heavy atom. The van der Waals surface area contributed by atoms with E-state index in [1.165, 1.54) is 17.8 Å². The molecule has 2 rings (SSSR count). The Hall–Kier alpha value is -1.55. The number of hydrogen-bond donors (Lipinski definition) is 3. The van der Waals surface area contributed by atoms with E-state index in [1.54, 1.807) is 30.5 Å². The smallest absolute Gasteiger partial charge is 0.178 e. The van der Waals surface area contributed by atoms with Gasteiger partial charge in [-0.3, -0.25) is 5.32 Å². The van der Waals surface area contributed by atoms with Crippen molar-refractivity contribution in [1.29, 1.82) is 5.26 Å². The van der Waals surface area contributed by atoms with E-state index >= 15 is 0 Å². The van der Waals surface area contributed by atoms with Crippen LogP contribution in [-0.4, -0.2) is 11.8 Å². The van der Waals surface area contributed by atoms with Crippen LogP contribution in [0.5, 0.6) is 0 Å². The van der Waals surface area contributed by atoms with Crippen LogP contribution in [0.2, 0.25) is 5.02 Å². The largest absolute Gasteiger partial charge is 0.357 e. The summed E-state index contributed by atoms with van der Waals surface area (Å²) in [5.74, 6) is -0.312. The molecule has 0 spiro atoms. The first-order valence-electron chi connectivity index (χ1n) is 6.28. The van der Waals surface area contributed by atoms with Crippen LogP contribution >= 0.6 is 36.0 Å². The lowest BCUT2D eigenvalue weighted by Crippen LogP contribution is -2.26. The minimum atomic E-state index is -0.524. The van der Waals surface area contributed by atoms with Gasteiger partial charge in [0.1, 0.15) is 5.82 Å². The number of rotatable bonds is 5. The summed E-state index contributed by atoms with van der Waals surface area (Å²) in [5, 5.41) is 14.3. The molecule has 0 amide bonds. The van der Waals surface area contributed by atoms with E-state index < -0.39 is 5.50 Å². The molecule has 7 heteroatoms. The molecule has 0 fully saturated rings. The minimum Gasteiger partial charge on any atom is -0.357 e. The lowest BCUT2D eigenvalue weighted by Gasteiger charge is -2.14. The Balaban J connectivity index is 2.28. The molecule has 1 atom stereocenters. The number of nitrogens with zero attached hydrogens (tertiary/aromatic N) is 1. The van der Waals surface area contributed by atoms with Gasteiger partial charge in [-0.2, -0.15) is 5.26 Å². The number of halogens is 2. The average molecular weight is 354 g/mol. The number of thiol groups is 1. The molecule has 1 unspecified atom stereocenters. The molecule has 0 saturated heterocycles. The van der Waals surface area contributed by atoms with Gasteiger partial charge in [0.2, 0.25) is 0 Å². The highest BCUT2D eigenvalue weighted by molar-refractivity contribution is 7.98. The standard InChI is InChI=1S/C15H13ClFN3S2/c1-22-10-3-5-12(14(17)7-10)11-4-2-9(6-13(11)16)20-15(21)19-8-18/h2-7,15,19-21H,1H3. The van der Waals surface area contributed by atoms with Gasteiger partial charge < -0.3 is 5.32 Å². The van der Waals surface area contributed by atoms with Gasteiger partial charge in [-0.05, 0) is 30.5 Å². The van der Waals surface area contributed by atoms with Crippen molar-refractivity contribution in [3.63, 3.8) is 0 Å². The van der Waals surface area contributed by atoms with Crippen LogP contribution in [0.4, 0.5) is 10.1 Å². The minimum absolute atomic E-state index is 0.312. The van der Waals surface area contributed by atoms with Crippen molar-refractivity contribution in [2.75, 3.05) is 11.6 Å². The van der Waals surface area contributed by atoms with E-state index in [4.69, 9.17) is 16.9 Å². The molecule has 0 bridgehead atoms. The maximum absolute atomic E-state index is 14.2. The maximum atomic E-state index is 14.2. The van der Waals surface area contributed by atoms with E-state index in [0.29, 0.717) is 21.8 Å². The Bertz CT molecular complexity index is 718. The number of nitriles is 1. The molecule has 3 nitrogen and oxygen atoms in total. The molecule has 0 aliphatic rings. The summed E-state index contributed by atoms with van der Waals surface area (Å²) in [7, 11) is 0. The average Bonchev–Trinajstić information content (AvgIpc) is 2.48.